The van der Waals surface area contributed by atoms with Crippen LogP contribution in [0.3, 0.4) is 0 Å². The van der Waals surface area contributed by atoms with Crippen LogP contribution in [0, 0.1) is 5.41 Å². The van der Waals surface area contributed by atoms with Crippen LogP contribution in [-0.4, -0.2) is 18.2 Å². The van der Waals surface area contributed by atoms with Gasteiger partial charge in [0.05, 0.1) is 6.61 Å². The molecule has 104 valence electrons. The predicted molar refractivity (Wildman–Crippen MR) is 72.3 cm³/mol. The third-order valence-corrected chi connectivity index (χ3v) is 2.50. The Morgan fingerprint density at radius 2 is 2.37 bits per heavy atom. The molecule has 5 nitrogen and oxygen atoms in total. The molecule has 3 N–H and O–H groups in total. The Bertz CT molecular complexity index is 508. The molecule has 0 fully saturated rings. The van der Waals surface area contributed by atoms with E-state index in [1.807, 2.05) is 38.4 Å². The zero-order chi connectivity index (χ0) is 14.1. The van der Waals surface area contributed by atoms with Gasteiger partial charge in [-0.25, -0.2) is 0 Å². The molecule has 6 heteroatoms. The van der Waals surface area contributed by atoms with Gasteiger partial charge in [0, 0.05) is 26.0 Å². The summed E-state index contributed by atoms with van der Waals surface area (Å²) in [7, 11) is 1.83. The maximum absolute atomic E-state index is 11.6. The fourth-order valence-electron chi connectivity index (χ4n) is 1.65. The molecule has 1 aromatic heterocycles. The zero-order valence-corrected chi connectivity index (χ0v) is 11.1. The van der Waals surface area contributed by atoms with Crippen molar-refractivity contribution >= 4 is 5.57 Å². The Hall–Kier alpha value is -1.92. The van der Waals surface area contributed by atoms with Crippen LogP contribution >= 0.6 is 0 Å². The van der Waals surface area contributed by atoms with Crippen molar-refractivity contribution in [2.75, 3.05) is 13.7 Å². The minimum atomic E-state index is 0.153. The lowest BCUT2D eigenvalue weighted by Crippen LogP contribution is -2.22. The van der Waals surface area contributed by atoms with Crippen molar-refractivity contribution in [1.29, 1.82) is 5.41 Å². The van der Waals surface area contributed by atoms with Gasteiger partial charge in [-0.2, -0.15) is 0 Å². The molecule has 1 aromatic rings. The molecular weight excluding hydrogens is 247 g/mol. The summed E-state index contributed by atoms with van der Waals surface area (Å²) in [4.78, 5) is 4.39. The Morgan fingerprint density at radius 1 is 1.58 bits per heavy atom. The van der Waals surface area contributed by atoms with Crippen molar-refractivity contribution in [3.05, 3.63) is 47.7 Å². The Balaban J connectivity index is 2.92. The molecule has 0 aliphatic carbocycles. The molecule has 1 rings (SSSR count). The molecule has 0 amide bonds. The summed E-state index contributed by atoms with van der Waals surface area (Å²) < 4.78 is 13.3. The summed E-state index contributed by atoms with van der Waals surface area (Å²) in [5, 5.41) is 10.9. The van der Waals surface area contributed by atoms with E-state index in [1.54, 1.807) is 16.8 Å². The van der Waals surface area contributed by atoms with Crippen molar-refractivity contribution in [3.63, 3.8) is 0 Å². The molecule has 19 heavy (non-hydrogen) atoms. The fraction of sp³-hybridized carbons (Fsp3) is 0.308. The van der Waals surface area contributed by atoms with Gasteiger partial charge in [-0.3, -0.25) is 10.2 Å². The fourth-order valence-corrected chi connectivity index (χ4v) is 1.65. The molecule has 0 aromatic carbocycles. The van der Waals surface area contributed by atoms with Crippen LogP contribution in [0.15, 0.2) is 36.7 Å². The highest BCUT2D eigenvalue weighted by Crippen LogP contribution is 2.12. The molecule has 0 aliphatic heterocycles. The van der Waals surface area contributed by atoms with Gasteiger partial charge in [-0.15, -0.1) is 4.48 Å². The Morgan fingerprint density at radius 3 is 2.95 bits per heavy atom. The summed E-state index contributed by atoms with van der Waals surface area (Å²) in [5.41, 5.74) is 3.39. The number of nitrogens with one attached hydrogen (secondary N) is 3. The molecule has 0 saturated heterocycles. The monoisotopic (exact) mass is 266 g/mol. The van der Waals surface area contributed by atoms with E-state index in [9.17, 15) is 4.48 Å². The van der Waals surface area contributed by atoms with Gasteiger partial charge in [0.25, 0.3) is 0 Å². The molecule has 0 bridgehead atoms. The number of rotatable bonds is 7. The second-order valence-corrected chi connectivity index (χ2v) is 3.81. The van der Waals surface area contributed by atoms with E-state index in [1.165, 1.54) is 0 Å². The molecule has 0 saturated carbocycles. The topological polar surface area (TPSA) is 62.1 Å². The van der Waals surface area contributed by atoms with Gasteiger partial charge in [0.2, 0.25) is 0 Å². The first kappa shape index (κ1) is 15.1. The van der Waals surface area contributed by atoms with Gasteiger partial charge < -0.3 is 9.88 Å². The number of halogens is 1. The molecule has 0 spiro atoms. The highest BCUT2D eigenvalue weighted by molar-refractivity contribution is 5.73. The average Bonchev–Trinajstić information content (AvgIpc) is 2.40. The van der Waals surface area contributed by atoms with E-state index in [4.69, 9.17) is 5.41 Å². The van der Waals surface area contributed by atoms with Crippen LogP contribution in [0.25, 0.3) is 5.57 Å². The molecule has 1 heterocycles. The Kier molecular flexibility index (Phi) is 6.56. The van der Waals surface area contributed by atoms with E-state index < -0.39 is 0 Å². The highest BCUT2D eigenvalue weighted by Gasteiger charge is 2.00. The number of aromatic nitrogens is 1. The minimum Gasteiger partial charge on any atom is -0.393 e. The standard InChI is InChI=1S/C13H19FN4O/c1-3-4-12(10-16-2)11-5-6-18(13(15)9-11)7-8-19-17-14/h3-6,9-10,15-17H,7-8H2,1-2H3/b4-3-,12-10+,15-13?. The van der Waals surface area contributed by atoms with Crippen molar-refractivity contribution in [3.8, 4) is 0 Å². The van der Waals surface area contributed by atoms with Crippen LogP contribution in [0.5, 0.6) is 0 Å². The predicted octanol–water partition coefficient (Wildman–Crippen LogP) is 1.51. The van der Waals surface area contributed by atoms with E-state index in [2.05, 4.69) is 10.2 Å². The number of allylic oxidation sites excluding steroid dienone is 3. The first-order valence-electron chi connectivity index (χ1n) is 5.96. The highest BCUT2D eigenvalue weighted by atomic mass is 19.2. The summed E-state index contributed by atoms with van der Waals surface area (Å²) in [6.07, 6.45) is 7.56. The third kappa shape index (κ3) is 4.69. The van der Waals surface area contributed by atoms with Crippen LogP contribution < -0.4 is 16.5 Å². The van der Waals surface area contributed by atoms with Crippen molar-refractivity contribution in [2.24, 2.45) is 0 Å². The summed E-state index contributed by atoms with van der Waals surface area (Å²) in [6.45, 7) is 2.50. The number of hydrogen-bond donors (Lipinski definition) is 3. The van der Waals surface area contributed by atoms with E-state index >= 15 is 0 Å². The van der Waals surface area contributed by atoms with Crippen LogP contribution in [0.1, 0.15) is 12.5 Å². The summed E-state index contributed by atoms with van der Waals surface area (Å²) >= 11 is 0. The molecule has 0 unspecified atom stereocenters. The first-order valence-corrected chi connectivity index (χ1v) is 5.96. The maximum atomic E-state index is 11.6. The van der Waals surface area contributed by atoms with Gasteiger partial charge >= 0.3 is 0 Å². The van der Waals surface area contributed by atoms with Crippen molar-refractivity contribution in [2.45, 2.75) is 13.5 Å². The van der Waals surface area contributed by atoms with Crippen molar-refractivity contribution in [1.82, 2.24) is 15.6 Å². The van der Waals surface area contributed by atoms with E-state index in [0.717, 1.165) is 16.8 Å². The minimum absolute atomic E-state index is 0.153. The van der Waals surface area contributed by atoms with Crippen molar-refractivity contribution < 1.29 is 9.32 Å². The molecule has 0 aliphatic rings. The lowest BCUT2D eigenvalue weighted by atomic mass is 10.1. The normalized spacial score (nSPS) is 12.1. The van der Waals surface area contributed by atoms with Crippen LogP contribution in [0.4, 0.5) is 4.48 Å². The van der Waals surface area contributed by atoms with Gasteiger partial charge in [-0.05, 0) is 35.9 Å². The van der Waals surface area contributed by atoms with Crippen LogP contribution in [0.2, 0.25) is 0 Å². The van der Waals surface area contributed by atoms with E-state index in [0.29, 0.717) is 12.0 Å². The molecular formula is C13H19FN4O. The summed E-state index contributed by atoms with van der Waals surface area (Å²) in [5.74, 6) is 0. The SMILES string of the molecule is C/C=C\C(=C/NC)c1ccn(CCONF)c(=N)c1. The van der Waals surface area contributed by atoms with Crippen LogP contribution in [-0.2, 0) is 11.4 Å². The average molecular weight is 266 g/mol. The largest absolute Gasteiger partial charge is 0.393 e. The summed E-state index contributed by atoms with van der Waals surface area (Å²) in [6, 6.07) is 3.66. The smallest absolute Gasteiger partial charge is 0.125 e. The zero-order valence-electron chi connectivity index (χ0n) is 11.1. The Labute approximate surface area is 111 Å². The second kappa shape index (κ2) is 8.23. The molecule has 0 atom stereocenters. The molecule has 0 radical (unpaired) electrons. The maximum Gasteiger partial charge on any atom is 0.125 e. The first-order chi connectivity index (χ1) is 9.22. The lowest BCUT2D eigenvalue weighted by Gasteiger charge is -2.09. The quantitative estimate of drug-likeness (QED) is 0.303. The number of pyridine rings is 1. The van der Waals surface area contributed by atoms with Gasteiger partial charge in [0.15, 0.2) is 0 Å². The second-order valence-electron chi connectivity index (χ2n) is 3.81. The lowest BCUT2D eigenvalue weighted by molar-refractivity contribution is -0.0657. The third-order valence-electron chi connectivity index (χ3n) is 2.50. The van der Waals surface area contributed by atoms with Gasteiger partial charge in [0.1, 0.15) is 5.49 Å². The number of hydrogen-bond acceptors (Lipinski definition) is 4. The van der Waals surface area contributed by atoms with E-state index in [-0.39, 0.29) is 6.61 Å². The van der Waals surface area contributed by atoms with Gasteiger partial charge in [-0.1, -0.05) is 12.2 Å². The number of nitrogens with zero attached hydrogens (tertiary/aromatic N) is 1.